The molecule has 6 nitrogen and oxygen atoms in total. The van der Waals surface area contributed by atoms with E-state index >= 15 is 0 Å². The van der Waals surface area contributed by atoms with E-state index < -0.39 is 17.7 Å². The highest BCUT2D eigenvalue weighted by Crippen LogP contribution is 2.42. The fourth-order valence-electron chi connectivity index (χ4n) is 3.86. The summed E-state index contributed by atoms with van der Waals surface area (Å²) in [4.78, 5) is 27.4. The number of ketones is 1. The number of carbonyl (C=O) groups excluding carboxylic acids is 2. The zero-order chi connectivity index (χ0) is 24.5. The van der Waals surface area contributed by atoms with E-state index in [9.17, 15) is 14.7 Å². The molecule has 1 aliphatic rings. The van der Waals surface area contributed by atoms with Crippen molar-refractivity contribution >= 4 is 40.7 Å². The molecule has 1 heterocycles. The highest BCUT2D eigenvalue weighted by Gasteiger charge is 2.46. The minimum absolute atomic E-state index is 0.0306. The third-order valence-electron chi connectivity index (χ3n) is 5.64. The summed E-state index contributed by atoms with van der Waals surface area (Å²) in [5, 5.41) is 11.5. The third kappa shape index (κ3) is 4.88. The van der Waals surface area contributed by atoms with Gasteiger partial charge in [-0.1, -0.05) is 68.2 Å². The van der Waals surface area contributed by atoms with Crippen LogP contribution in [0.15, 0.2) is 42.0 Å². The molecule has 0 radical (unpaired) electrons. The Kier molecular flexibility index (Phi) is 7.42. The monoisotopic (exact) mass is 491 g/mol. The first-order valence-electron chi connectivity index (χ1n) is 10.4. The molecular weight excluding hydrogens is 465 g/mol. The summed E-state index contributed by atoms with van der Waals surface area (Å²) in [5.74, 6) is -1.59. The van der Waals surface area contributed by atoms with Gasteiger partial charge in [-0.05, 0) is 28.7 Å². The maximum Gasteiger partial charge on any atom is 0.295 e. The topological polar surface area (TPSA) is 76.1 Å². The minimum Gasteiger partial charge on any atom is -0.507 e. The van der Waals surface area contributed by atoms with Gasteiger partial charge < -0.3 is 19.5 Å². The summed E-state index contributed by atoms with van der Waals surface area (Å²) in [6.45, 7) is 6.73. The Morgan fingerprint density at radius 1 is 1.06 bits per heavy atom. The van der Waals surface area contributed by atoms with Crippen LogP contribution >= 0.6 is 23.2 Å². The Labute approximate surface area is 203 Å². The van der Waals surface area contributed by atoms with Gasteiger partial charge in [0.25, 0.3) is 11.7 Å². The molecule has 1 atom stereocenters. The van der Waals surface area contributed by atoms with Crippen molar-refractivity contribution in [3.05, 3.63) is 68.7 Å². The fourth-order valence-corrected chi connectivity index (χ4v) is 4.50. The number of methoxy groups -OCH3 is 2. The van der Waals surface area contributed by atoms with Gasteiger partial charge in [0.2, 0.25) is 0 Å². The Morgan fingerprint density at radius 2 is 1.64 bits per heavy atom. The van der Waals surface area contributed by atoms with Crippen LogP contribution in [0.3, 0.4) is 0 Å². The average Bonchev–Trinajstić information content (AvgIpc) is 3.01. The molecule has 0 aromatic heterocycles. The molecule has 1 aliphatic heterocycles. The first kappa shape index (κ1) is 25.1. The molecule has 2 aromatic carbocycles. The number of aliphatic hydroxyl groups excluding tert-OH is 1. The minimum atomic E-state index is -0.783. The molecule has 1 saturated heterocycles. The average molecular weight is 492 g/mol. The number of likely N-dealkylation sites (tertiary alicyclic amines) is 1. The molecule has 0 bridgehead atoms. The zero-order valence-corrected chi connectivity index (χ0v) is 20.8. The van der Waals surface area contributed by atoms with E-state index in [1.54, 1.807) is 0 Å². The lowest BCUT2D eigenvalue weighted by Gasteiger charge is -2.26. The van der Waals surface area contributed by atoms with E-state index in [1.807, 2.05) is 24.3 Å². The number of benzene rings is 2. The molecule has 8 heteroatoms. The number of nitrogens with zero attached hydrogens (tertiary/aromatic N) is 1. The van der Waals surface area contributed by atoms with E-state index in [0.29, 0.717) is 5.56 Å². The van der Waals surface area contributed by atoms with Crippen molar-refractivity contribution in [3.8, 4) is 5.75 Å². The smallest absolute Gasteiger partial charge is 0.295 e. The number of rotatable bonds is 6. The van der Waals surface area contributed by atoms with Crippen LogP contribution in [0.4, 0.5) is 0 Å². The van der Waals surface area contributed by atoms with Crippen molar-refractivity contribution in [2.75, 3.05) is 27.4 Å². The first-order valence-corrected chi connectivity index (χ1v) is 11.2. The van der Waals surface area contributed by atoms with Crippen LogP contribution in [0.1, 0.15) is 43.5 Å². The van der Waals surface area contributed by atoms with Crippen molar-refractivity contribution in [1.29, 1.82) is 0 Å². The maximum atomic E-state index is 13.1. The highest BCUT2D eigenvalue weighted by atomic mass is 35.5. The molecule has 1 unspecified atom stereocenters. The van der Waals surface area contributed by atoms with E-state index in [2.05, 4.69) is 20.8 Å². The molecule has 3 rings (SSSR count). The molecule has 0 saturated carbocycles. The lowest BCUT2D eigenvalue weighted by Crippen LogP contribution is -2.32. The van der Waals surface area contributed by atoms with Crippen LogP contribution in [0.2, 0.25) is 10.0 Å². The second-order valence-corrected chi connectivity index (χ2v) is 9.64. The van der Waals surface area contributed by atoms with Crippen LogP contribution in [0.5, 0.6) is 5.75 Å². The highest BCUT2D eigenvalue weighted by molar-refractivity contribution is 6.46. The predicted octanol–water partition coefficient (Wildman–Crippen LogP) is 5.37. The van der Waals surface area contributed by atoms with Crippen LogP contribution < -0.4 is 4.74 Å². The van der Waals surface area contributed by atoms with Crippen molar-refractivity contribution in [1.82, 2.24) is 4.90 Å². The number of hydrogen-bond donors (Lipinski definition) is 1. The molecule has 0 aliphatic carbocycles. The van der Waals surface area contributed by atoms with Gasteiger partial charge >= 0.3 is 0 Å². The first-order chi connectivity index (χ1) is 15.5. The normalized spacial score (nSPS) is 18.2. The van der Waals surface area contributed by atoms with Gasteiger partial charge in [-0.2, -0.15) is 0 Å². The van der Waals surface area contributed by atoms with Crippen molar-refractivity contribution < 1.29 is 24.2 Å². The van der Waals surface area contributed by atoms with E-state index in [0.717, 1.165) is 5.56 Å². The SMILES string of the molecule is COCCN1C(=O)C(=O)/C(=C(/O)c2cc(Cl)c(OC)c(Cl)c2)C1c1ccc(C(C)(C)C)cc1. The van der Waals surface area contributed by atoms with Crippen LogP contribution in [0.25, 0.3) is 5.76 Å². The molecular formula is C25H27Cl2NO5. The van der Waals surface area contributed by atoms with Crippen LogP contribution in [0, 0.1) is 0 Å². The van der Waals surface area contributed by atoms with E-state index in [-0.39, 0.29) is 51.3 Å². The molecule has 1 fully saturated rings. The fraction of sp³-hybridized carbons (Fsp3) is 0.360. The number of amides is 1. The molecule has 2 aromatic rings. The van der Waals surface area contributed by atoms with E-state index in [4.69, 9.17) is 32.7 Å². The summed E-state index contributed by atoms with van der Waals surface area (Å²) in [6, 6.07) is 9.79. The number of carbonyl (C=O) groups is 2. The van der Waals surface area contributed by atoms with Gasteiger partial charge in [0.15, 0.2) is 5.75 Å². The Hall–Kier alpha value is -2.54. The van der Waals surface area contributed by atoms with Crippen molar-refractivity contribution in [2.45, 2.75) is 32.2 Å². The van der Waals surface area contributed by atoms with Gasteiger partial charge in [-0.25, -0.2) is 0 Å². The second-order valence-electron chi connectivity index (χ2n) is 8.83. The summed E-state index contributed by atoms with van der Waals surface area (Å²) >= 11 is 12.5. The lowest BCUT2D eigenvalue weighted by atomic mass is 9.85. The van der Waals surface area contributed by atoms with Gasteiger partial charge in [0.05, 0.1) is 35.4 Å². The number of ether oxygens (including phenoxy) is 2. The summed E-state index contributed by atoms with van der Waals surface area (Å²) in [6.07, 6.45) is 0. The van der Waals surface area contributed by atoms with Gasteiger partial charge in [-0.15, -0.1) is 0 Å². The summed E-state index contributed by atoms with van der Waals surface area (Å²) in [5.41, 5.74) is 1.93. The maximum absolute atomic E-state index is 13.1. The quantitative estimate of drug-likeness (QED) is 0.334. The number of aliphatic hydroxyl groups is 1. The van der Waals surface area contributed by atoms with Crippen LogP contribution in [-0.2, 0) is 19.7 Å². The van der Waals surface area contributed by atoms with E-state index in [1.165, 1.54) is 31.3 Å². The molecule has 176 valence electrons. The van der Waals surface area contributed by atoms with Gasteiger partial charge in [-0.3, -0.25) is 9.59 Å². The number of Topliss-reactive ketones (excluding diaryl/α,β-unsaturated/α-hetero) is 1. The standard InChI is InChI=1S/C25H27Cl2NO5/c1-25(2,3)16-8-6-14(7-9-16)20-19(22(30)24(31)28(20)10-11-32-4)21(29)15-12-17(26)23(33-5)18(27)13-15/h6-9,12-13,20,29H,10-11H2,1-5H3/b21-19+. The van der Waals surface area contributed by atoms with Gasteiger partial charge in [0, 0.05) is 19.2 Å². The Morgan fingerprint density at radius 3 is 2.12 bits per heavy atom. The predicted molar refractivity (Wildman–Crippen MR) is 129 cm³/mol. The lowest BCUT2D eigenvalue weighted by molar-refractivity contribution is -0.140. The zero-order valence-electron chi connectivity index (χ0n) is 19.2. The van der Waals surface area contributed by atoms with Gasteiger partial charge in [0.1, 0.15) is 5.76 Å². The van der Waals surface area contributed by atoms with Crippen molar-refractivity contribution in [2.24, 2.45) is 0 Å². The number of halogens is 2. The number of hydrogen-bond acceptors (Lipinski definition) is 5. The summed E-state index contributed by atoms with van der Waals surface area (Å²) < 4.78 is 10.3. The molecule has 0 spiro atoms. The third-order valence-corrected chi connectivity index (χ3v) is 6.21. The second kappa shape index (κ2) is 9.75. The van der Waals surface area contributed by atoms with Crippen molar-refractivity contribution in [3.63, 3.8) is 0 Å². The molecule has 1 amide bonds. The summed E-state index contributed by atoms with van der Waals surface area (Å²) in [7, 11) is 2.94. The Bertz CT molecular complexity index is 1080. The molecule has 33 heavy (non-hydrogen) atoms. The largest absolute Gasteiger partial charge is 0.507 e. The molecule has 1 N–H and O–H groups in total. The Balaban J connectivity index is 2.18. The van der Waals surface area contributed by atoms with Crippen LogP contribution in [-0.4, -0.2) is 49.1 Å².